The summed E-state index contributed by atoms with van der Waals surface area (Å²) in [5.74, 6) is 1.34. The Labute approximate surface area is 215 Å². The fourth-order valence-electron chi connectivity index (χ4n) is 4.63. The van der Waals surface area contributed by atoms with Gasteiger partial charge in [-0.05, 0) is 46.8 Å². The Morgan fingerprint density at radius 2 is 1.95 bits per heavy atom. The van der Waals surface area contributed by atoms with Crippen molar-refractivity contribution in [3.63, 3.8) is 0 Å². The topological polar surface area (TPSA) is 118 Å². The third-order valence-corrected chi connectivity index (χ3v) is 6.33. The first kappa shape index (κ1) is 24.2. The molecule has 1 fully saturated rings. The lowest BCUT2D eigenvalue weighted by atomic mass is 10.1. The molecule has 11 nitrogen and oxygen atoms in total. The van der Waals surface area contributed by atoms with Gasteiger partial charge in [-0.1, -0.05) is 0 Å². The van der Waals surface area contributed by atoms with E-state index >= 15 is 0 Å². The van der Waals surface area contributed by atoms with E-state index in [4.69, 9.17) is 9.72 Å². The molecule has 5 heterocycles. The smallest absolute Gasteiger partial charge is 0.410 e. The lowest BCUT2D eigenvalue weighted by Crippen LogP contribution is -2.59. The van der Waals surface area contributed by atoms with Crippen LogP contribution in [0.5, 0.6) is 0 Å². The highest BCUT2D eigenvalue weighted by molar-refractivity contribution is 5.97. The summed E-state index contributed by atoms with van der Waals surface area (Å²) < 4.78 is 9.42. The second-order valence-electron chi connectivity index (χ2n) is 10.2. The molecule has 1 aliphatic heterocycles. The van der Waals surface area contributed by atoms with E-state index in [1.807, 2.05) is 49.2 Å². The minimum Gasteiger partial charge on any atom is -0.444 e. The maximum atomic E-state index is 12.9. The van der Waals surface area contributed by atoms with Crippen molar-refractivity contribution in [2.24, 2.45) is 0 Å². The fourth-order valence-corrected chi connectivity index (χ4v) is 4.63. The molecule has 1 aliphatic rings. The van der Waals surface area contributed by atoms with Crippen LogP contribution in [-0.2, 0) is 4.74 Å². The number of carbonyl (C=O) groups is 1. The molecule has 0 saturated carbocycles. The van der Waals surface area contributed by atoms with E-state index in [-0.39, 0.29) is 18.2 Å². The average molecular weight is 500 g/mol. The van der Waals surface area contributed by atoms with E-state index in [9.17, 15) is 10.1 Å². The van der Waals surface area contributed by atoms with Crippen molar-refractivity contribution in [2.75, 3.05) is 18.0 Å². The Kier molecular flexibility index (Phi) is 6.03. The molecule has 0 N–H and O–H groups in total. The molecule has 0 spiro atoms. The van der Waals surface area contributed by atoms with Crippen LogP contribution in [0.25, 0.3) is 22.5 Å². The standard InChI is InChI=1S/C26H29N9O2/c1-17-13-34(25(36)37-26(3,4)5)18(2)12-33(17)23-22-20(32-9-8-28-16-32)14-35(24(22)31-15-30-23)21-10-19(11-27)6-7-29-21/h6-10,14-18H,12-13H2,1-5H3/t17-,18+/m0/s1. The van der Waals surface area contributed by atoms with Gasteiger partial charge in [-0.25, -0.2) is 24.7 Å². The molecule has 2 atom stereocenters. The minimum absolute atomic E-state index is 0.0270. The maximum absolute atomic E-state index is 12.9. The fraction of sp³-hybridized carbons (Fsp3) is 0.385. The summed E-state index contributed by atoms with van der Waals surface area (Å²) in [4.78, 5) is 34.9. The third-order valence-electron chi connectivity index (χ3n) is 6.33. The second-order valence-corrected chi connectivity index (χ2v) is 10.2. The van der Waals surface area contributed by atoms with Crippen LogP contribution < -0.4 is 4.90 Å². The van der Waals surface area contributed by atoms with Gasteiger partial charge in [0.25, 0.3) is 0 Å². The molecule has 190 valence electrons. The first-order valence-corrected chi connectivity index (χ1v) is 12.1. The predicted octanol–water partition coefficient (Wildman–Crippen LogP) is 3.71. The number of ether oxygens (including phenoxy) is 1. The normalized spacial score (nSPS) is 18.2. The number of aromatic nitrogens is 6. The summed E-state index contributed by atoms with van der Waals surface area (Å²) in [6.45, 7) is 10.8. The summed E-state index contributed by atoms with van der Waals surface area (Å²) in [5.41, 5.74) is 1.44. The van der Waals surface area contributed by atoms with Gasteiger partial charge < -0.3 is 19.1 Å². The van der Waals surface area contributed by atoms with Crippen LogP contribution in [0.4, 0.5) is 10.6 Å². The molecule has 11 heteroatoms. The highest BCUT2D eigenvalue weighted by Crippen LogP contribution is 2.35. The highest BCUT2D eigenvalue weighted by Gasteiger charge is 2.36. The molecule has 1 amide bonds. The van der Waals surface area contributed by atoms with Gasteiger partial charge in [0.15, 0.2) is 5.65 Å². The summed E-state index contributed by atoms with van der Waals surface area (Å²) in [6.07, 6.45) is 10.1. The zero-order chi connectivity index (χ0) is 26.3. The molecule has 0 aliphatic carbocycles. The second kappa shape index (κ2) is 9.20. The van der Waals surface area contributed by atoms with Crippen molar-refractivity contribution >= 4 is 22.9 Å². The van der Waals surface area contributed by atoms with E-state index in [1.54, 1.807) is 35.8 Å². The quantitative estimate of drug-likeness (QED) is 0.419. The molecule has 0 bridgehead atoms. The number of pyridine rings is 1. The SMILES string of the molecule is C[C@@H]1CN(c2ncnc3c2c(-n2ccnc2)cn3-c2cc(C#N)ccn2)[C@@H](C)CN1C(=O)OC(C)(C)C. The highest BCUT2D eigenvalue weighted by atomic mass is 16.6. The first-order valence-electron chi connectivity index (χ1n) is 12.1. The van der Waals surface area contributed by atoms with Crippen molar-refractivity contribution in [3.8, 4) is 17.6 Å². The van der Waals surface area contributed by atoms with E-state index in [2.05, 4.69) is 32.8 Å². The molecule has 0 unspecified atom stereocenters. The summed E-state index contributed by atoms with van der Waals surface area (Å²) in [5, 5.41) is 10.2. The number of carbonyl (C=O) groups excluding carboxylic acids is 1. The monoisotopic (exact) mass is 499 g/mol. The minimum atomic E-state index is -0.560. The van der Waals surface area contributed by atoms with Gasteiger partial charge >= 0.3 is 6.09 Å². The number of hydrogen-bond acceptors (Lipinski definition) is 8. The van der Waals surface area contributed by atoms with E-state index < -0.39 is 5.60 Å². The van der Waals surface area contributed by atoms with Crippen molar-refractivity contribution in [1.82, 2.24) is 34.0 Å². The summed E-state index contributed by atoms with van der Waals surface area (Å²) in [6, 6.07) is 5.44. The molecule has 0 aromatic carbocycles. The van der Waals surface area contributed by atoms with E-state index in [0.717, 1.165) is 16.9 Å². The maximum Gasteiger partial charge on any atom is 0.410 e. The number of rotatable bonds is 3. The largest absolute Gasteiger partial charge is 0.444 e. The van der Waals surface area contributed by atoms with Crippen LogP contribution in [0, 0.1) is 11.3 Å². The molecule has 1 saturated heterocycles. The number of fused-ring (bicyclic) bond motifs is 1. The zero-order valence-corrected chi connectivity index (χ0v) is 21.5. The van der Waals surface area contributed by atoms with Gasteiger partial charge in [-0.15, -0.1) is 0 Å². The number of anilines is 1. The Bertz CT molecular complexity index is 1480. The van der Waals surface area contributed by atoms with Gasteiger partial charge in [-0.2, -0.15) is 5.26 Å². The Morgan fingerprint density at radius 1 is 1.14 bits per heavy atom. The molecule has 4 aromatic rings. The molecule has 5 rings (SSSR count). The number of piperazine rings is 1. The van der Waals surface area contributed by atoms with Crippen LogP contribution in [-0.4, -0.2) is 70.8 Å². The number of imidazole rings is 1. The molecular formula is C26H29N9O2. The van der Waals surface area contributed by atoms with Crippen molar-refractivity contribution in [2.45, 2.75) is 52.3 Å². The van der Waals surface area contributed by atoms with E-state index in [0.29, 0.717) is 30.1 Å². The number of hydrogen-bond donors (Lipinski definition) is 0. The molecule has 37 heavy (non-hydrogen) atoms. The Morgan fingerprint density at radius 3 is 2.65 bits per heavy atom. The first-order chi connectivity index (χ1) is 17.7. The van der Waals surface area contributed by atoms with Crippen molar-refractivity contribution in [1.29, 1.82) is 5.26 Å². The number of nitrogens with zero attached hydrogens (tertiary/aromatic N) is 9. The van der Waals surface area contributed by atoms with Gasteiger partial charge in [0.05, 0.1) is 29.0 Å². The molecule has 0 radical (unpaired) electrons. The van der Waals surface area contributed by atoms with Crippen molar-refractivity contribution in [3.05, 3.63) is 55.1 Å². The van der Waals surface area contributed by atoms with Gasteiger partial charge in [-0.3, -0.25) is 4.57 Å². The predicted molar refractivity (Wildman–Crippen MR) is 138 cm³/mol. The molecule has 4 aromatic heterocycles. The average Bonchev–Trinajstić information content (AvgIpc) is 3.52. The summed E-state index contributed by atoms with van der Waals surface area (Å²) >= 11 is 0. The zero-order valence-electron chi connectivity index (χ0n) is 21.5. The van der Waals surface area contributed by atoms with Crippen molar-refractivity contribution < 1.29 is 9.53 Å². The van der Waals surface area contributed by atoms with Crippen LogP contribution in [0.1, 0.15) is 40.2 Å². The third kappa shape index (κ3) is 4.58. The van der Waals surface area contributed by atoms with Crippen LogP contribution >= 0.6 is 0 Å². The lowest BCUT2D eigenvalue weighted by Gasteiger charge is -2.44. The van der Waals surface area contributed by atoms with Gasteiger partial charge in [0, 0.05) is 50.0 Å². The summed E-state index contributed by atoms with van der Waals surface area (Å²) in [7, 11) is 0. The number of nitriles is 1. The molecular weight excluding hydrogens is 470 g/mol. The van der Waals surface area contributed by atoms with Crippen LogP contribution in [0.3, 0.4) is 0 Å². The van der Waals surface area contributed by atoms with Crippen LogP contribution in [0.15, 0.2) is 49.6 Å². The number of amides is 1. The van der Waals surface area contributed by atoms with Gasteiger partial charge in [0.1, 0.15) is 23.6 Å². The van der Waals surface area contributed by atoms with Gasteiger partial charge in [0.2, 0.25) is 0 Å². The Balaban J connectivity index is 1.60. The van der Waals surface area contributed by atoms with E-state index in [1.165, 1.54) is 6.33 Å². The Hall–Kier alpha value is -4.46. The lowest BCUT2D eigenvalue weighted by molar-refractivity contribution is 0.0130. The van der Waals surface area contributed by atoms with Crippen LogP contribution in [0.2, 0.25) is 0 Å².